The van der Waals surface area contributed by atoms with Crippen molar-refractivity contribution in [2.75, 3.05) is 37.7 Å². The number of nitrogens with zero attached hydrogens (tertiary/aromatic N) is 3. The van der Waals surface area contributed by atoms with Crippen molar-refractivity contribution in [2.45, 2.75) is 37.1 Å². The second-order valence-electron chi connectivity index (χ2n) is 8.74. The predicted octanol–water partition coefficient (Wildman–Crippen LogP) is 4.23. The molecule has 1 aliphatic carbocycles. The lowest BCUT2D eigenvalue weighted by Crippen LogP contribution is -2.52. The Labute approximate surface area is 175 Å². The van der Waals surface area contributed by atoms with Gasteiger partial charge < -0.3 is 9.64 Å². The number of anilines is 1. The highest BCUT2D eigenvalue weighted by molar-refractivity contribution is 5.51. The predicted molar refractivity (Wildman–Crippen MR) is 111 cm³/mol. The van der Waals surface area contributed by atoms with Gasteiger partial charge in [-0.1, -0.05) is 0 Å². The molecular weight excluding hydrogens is 384 g/mol. The Hall–Kier alpha value is -2.65. The molecule has 1 saturated heterocycles. The lowest BCUT2D eigenvalue weighted by molar-refractivity contribution is 0.106. The quantitative estimate of drug-likeness (QED) is 0.744. The van der Waals surface area contributed by atoms with Crippen LogP contribution in [0, 0.1) is 23.0 Å². The summed E-state index contributed by atoms with van der Waals surface area (Å²) in [7, 11) is 0. The molecule has 3 aliphatic rings. The summed E-state index contributed by atoms with van der Waals surface area (Å²) in [6, 6.07) is 12.2. The van der Waals surface area contributed by atoms with Crippen LogP contribution in [0.15, 0.2) is 36.4 Å². The molecule has 0 unspecified atom stereocenters. The number of piperazine rings is 1. The number of nitriles is 1. The molecule has 5 rings (SSSR count). The summed E-state index contributed by atoms with van der Waals surface area (Å²) in [6.45, 7) is 4.26. The molecule has 0 amide bonds. The van der Waals surface area contributed by atoms with Crippen molar-refractivity contribution in [2.24, 2.45) is 0 Å². The third-order valence-electron chi connectivity index (χ3n) is 7.20. The first kappa shape index (κ1) is 19.3. The van der Waals surface area contributed by atoms with E-state index in [1.165, 1.54) is 12.1 Å². The van der Waals surface area contributed by atoms with Crippen LogP contribution in [0.25, 0.3) is 0 Å². The molecule has 0 N–H and O–H groups in total. The molecule has 0 atom stereocenters. The maximum absolute atomic E-state index is 14.0. The van der Waals surface area contributed by atoms with E-state index in [1.807, 2.05) is 12.1 Å². The minimum atomic E-state index is -0.453. The zero-order valence-corrected chi connectivity index (χ0v) is 16.9. The first-order valence-corrected chi connectivity index (χ1v) is 10.7. The number of benzene rings is 2. The fraction of sp³-hybridized carbons (Fsp3) is 0.458. The fourth-order valence-corrected chi connectivity index (χ4v) is 5.41. The minimum Gasteiger partial charge on any atom is -0.492 e. The van der Waals surface area contributed by atoms with Crippen molar-refractivity contribution < 1.29 is 13.5 Å². The Bertz CT molecular complexity index is 986. The number of rotatable bonds is 2. The van der Waals surface area contributed by atoms with Crippen LogP contribution in [0.2, 0.25) is 0 Å². The second kappa shape index (κ2) is 7.55. The highest BCUT2D eigenvalue weighted by atomic mass is 19.1. The van der Waals surface area contributed by atoms with Crippen LogP contribution in [-0.4, -0.2) is 43.7 Å². The van der Waals surface area contributed by atoms with Gasteiger partial charge in [-0.05, 0) is 62.1 Å². The molecule has 30 heavy (non-hydrogen) atoms. The standard InChI is InChI=1S/C24H25F2N3O/c25-18-2-4-23-21(13-18)24(16-30-23)7-5-19(6-8-24)28-9-11-29(12-10-28)20-3-1-17(15-27)22(26)14-20/h1-4,13-14,19H,5-12,16H2. The molecule has 2 fully saturated rings. The van der Waals surface area contributed by atoms with E-state index in [2.05, 4.69) is 9.80 Å². The molecule has 4 nitrogen and oxygen atoms in total. The third kappa shape index (κ3) is 3.31. The van der Waals surface area contributed by atoms with Gasteiger partial charge in [0.15, 0.2) is 0 Å². The summed E-state index contributed by atoms with van der Waals surface area (Å²) < 4.78 is 33.6. The van der Waals surface area contributed by atoms with Crippen LogP contribution < -0.4 is 9.64 Å². The molecule has 1 spiro atoms. The maximum atomic E-state index is 14.0. The Balaban J connectivity index is 1.20. The molecule has 2 aromatic rings. The second-order valence-corrected chi connectivity index (χ2v) is 8.74. The molecule has 0 bridgehead atoms. The Morgan fingerprint density at radius 2 is 1.77 bits per heavy atom. The van der Waals surface area contributed by atoms with Crippen molar-refractivity contribution in [1.29, 1.82) is 5.26 Å². The van der Waals surface area contributed by atoms with Crippen LogP contribution in [0.3, 0.4) is 0 Å². The number of hydrogen-bond acceptors (Lipinski definition) is 4. The maximum Gasteiger partial charge on any atom is 0.143 e. The van der Waals surface area contributed by atoms with Crippen molar-refractivity contribution in [3.8, 4) is 11.8 Å². The molecule has 2 aromatic carbocycles. The Morgan fingerprint density at radius 1 is 1.00 bits per heavy atom. The number of ether oxygens (including phenoxy) is 1. The SMILES string of the molecule is N#Cc1ccc(N2CCN(C3CCC4(CC3)COc3ccc(F)cc34)CC2)cc1F. The van der Waals surface area contributed by atoms with Gasteiger partial charge in [0, 0.05) is 48.9 Å². The average molecular weight is 409 g/mol. The fourth-order valence-electron chi connectivity index (χ4n) is 5.41. The van der Waals surface area contributed by atoms with Crippen LogP contribution in [0.5, 0.6) is 5.75 Å². The molecule has 0 radical (unpaired) electrons. The highest BCUT2D eigenvalue weighted by Gasteiger charge is 2.44. The van der Waals surface area contributed by atoms with Gasteiger partial charge in [0.25, 0.3) is 0 Å². The summed E-state index contributed by atoms with van der Waals surface area (Å²) >= 11 is 0. The average Bonchev–Trinajstić information content (AvgIpc) is 3.11. The van der Waals surface area contributed by atoms with Crippen molar-refractivity contribution in [3.63, 3.8) is 0 Å². The molecule has 2 aliphatic heterocycles. The van der Waals surface area contributed by atoms with Gasteiger partial charge in [-0.3, -0.25) is 4.90 Å². The van der Waals surface area contributed by atoms with Crippen molar-refractivity contribution in [1.82, 2.24) is 4.90 Å². The smallest absolute Gasteiger partial charge is 0.143 e. The highest BCUT2D eigenvalue weighted by Crippen LogP contribution is 2.48. The summed E-state index contributed by atoms with van der Waals surface area (Å²) in [6.07, 6.45) is 4.22. The largest absolute Gasteiger partial charge is 0.492 e. The molecule has 2 heterocycles. The van der Waals surface area contributed by atoms with Gasteiger partial charge in [0.2, 0.25) is 0 Å². The Kier molecular flexibility index (Phi) is 4.86. The molecule has 156 valence electrons. The van der Waals surface area contributed by atoms with Crippen LogP contribution in [0.4, 0.5) is 14.5 Å². The van der Waals surface area contributed by atoms with E-state index in [0.29, 0.717) is 12.6 Å². The van der Waals surface area contributed by atoms with E-state index < -0.39 is 5.82 Å². The first-order valence-electron chi connectivity index (χ1n) is 10.7. The normalized spacial score (nSPS) is 26.3. The van der Waals surface area contributed by atoms with Gasteiger partial charge in [0.1, 0.15) is 23.5 Å². The van der Waals surface area contributed by atoms with Gasteiger partial charge in [0.05, 0.1) is 12.2 Å². The Morgan fingerprint density at radius 3 is 2.47 bits per heavy atom. The van der Waals surface area contributed by atoms with Gasteiger partial charge >= 0.3 is 0 Å². The molecular formula is C24H25F2N3O. The summed E-state index contributed by atoms with van der Waals surface area (Å²) in [5.41, 5.74) is 1.95. The van der Waals surface area contributed by atoms with E-state index in [1.54, 1.807) is 18.2 Å². The third-order valence-corrected chi connectivity index (χ3v) is 7.20. The summed E-state index contributed by atoms with van der Waals surface area (Å²) in [5, 5.41) is 8.91. The first-order chi connectivity index (χ1) is 14.6. The van der Waals surface area contributed by atoms with Crippen molar-refractivity contribution in [3.05, 3.63) is 59.2 Å². The lowest BCUT2D eigenvalue weighted by Gasteiger charge is -2.44. The van der Waals surface area contributed by atoms with Gasteiger partial charge in [-0.2, -0.15) is 5.26 Å². The van der Waals surface area contributed by atoms with Crippen LogP contribution in [0.1, 0.15) is 36.8 Å². The van der Waals surface area contributed by atoms with Crippen LogP contribution >= 0.6 is 0 Å². The zero-order valence-electron chi connectivity index (χ0n) is 16.9. The molecule has 6 heteroatoms. The van der Waals surface area contributed by atoms with Gasteiger partial charge in [-0.25, -0.2) is 8.78 Å². The number of hydrogen-bond donors (Lipinski definition) is 0. The van der Waals surface area contributed by atoms with Crippen LogP contribution in [-0.2, 0) is 5.41 Å². The van der Waals surface area contributed by atoms with E-state index >= 15 is 0 Å². The van der Waals surface area contributed by atoms with Crippen molar-refractivity contribution >= 4 is 5.69 Å². The topological polar surface area (TPSA) is 39.5 Å². The van der Waals surface area contributed by atoms with E-state index in [0.717, 1.165) is 68.9 Å². The van der Waals surface area contributed by atoms with Gasteiger partial charge in [-0.15, -0.1) is 0 Å². The zero-order chi connectivity index (χ0) is 20.7. The minimum absolute atomic E-state index is 0.0320. The van der Waals surface area contributed by atoms with E-state index in [9.17, 15) is 8.78 Å². The molecule has 0 aromatic heterocycles. The molecule has 1 saturated carbocycles. The van der Waals surface area contributed by atoms with E-state index in [4.69, 9.17) is 10.00 Å². The summed E-state index contributed by atoms with van der Waals surface area (Å²) in [5.74, 6) is 0.208. The number of fused-ring (bicyclic) bond motifs is 2. The monoisotopic (exact) mass is 409 g/mol. The number of halogens is 2. The lowest BCUT2D eigenvalue weighted by atomic mass is 9.69. The van der Waals surface area contributed by atoms with E-state index in [-0.39, 0.29) is 16.8 Å². The summed E-state index contributed by atoms with van der Waals surface area (Å²) in [4.78, 5) is 4.74.